The molecule has 29 heavy (non-hydrogen) atoms. The number of hydrogen-bond donors (Lipinski definition) is 0. The van der Waals surface area contributed by atoms with Gasteiger partial charge >= 0.3 is 194 Å². The van der Waals surface area contributed by atoms with Gasteiger partial charge in [-0.05, 0) is 0 Å². The molecule has 3 rings (SSSR count). The van der Waals surface area contributed by atoms with E-state index in [2.05, 4.69) is 69.6 Å². The van der Waals surface area contributed by atoms with E-state index in [4.69, 9.17) is 0 Å². The number of rotatable bonds is 11. The van der Waals surface area contributed by atoms with Crippen molar-refractivity contribution >= 4 is 64.9 Å². The Morgan fingerprint density at radius 2 is 1.45 bits per heavy atom. The summed E-state index contributed by atoms with van der Waals surface area (Å²) in [6.07, 6.45) is 8.19. The third kappa shape index (κ3) is 5.96. The molecule has 0 aliphatic rings. The van der Waals surface area contributed by atoms with Crippen LogP contribution in [0.3, 0.4) is 0 Å². The Bertz CT molecular complexity index is 933. The van der Waals surface area contributed by atoms with Crippen LogP contribution in [0.5, 0.6) is 0 Å². The molecule has 0 atom stereocenters. The topological polar surface area (TPSA) is 4.93 Å². The number of fused-ring (bicyclic) bond motifs is 3. The number of unbranched alkanes of at least 4 members (excludes halogenated alkanes) is 5. The number of aromatic nitrogens is 1. The molecule has 0 bridgehead atoms. The molecule has 1 nitrogen and oxygen atoms in total. The van der Waals surface area contributed by atoms with Gasteiger partial charge in [-0.15, -0.1) is 0 Å². The molecule has 0 fully saturated rings. The van der Waals surface area contributed by atoms with Crippen LogP contribution in [0, 0.1) is 0 Å². The molecule has 0 spiro atoms. The van der Waals surface area contributed by atoms with Crippen LogP contribution in [-0.2, 0) is 11.0 Å². The van der Waals surface area contributed by atoms with Gasteiger partial charge in [-0.1, -0.05) is 0 Å². The van der Waals surface area contributed by atoms with Crippen LogP contribution in [-0.4, -0.2) is 44.1 Å². The Morgan fingerprint density at radius 3 is 2.14 bits per heavy atom. The molecule has 1 aromatic heterocycles. The van der Waals surface area contributed by atoms with Gasteiger partial charge < -0.3 is 0 Å². The molecular weight excluding hydrogens is 564 g/mol. The Labute approximate surface area is 192 Å². The predicted octanol–water partition coefficient (Wildman–Crippen LogP) is 7.34. The van der Waals surface area contributed by atoms with Gasteiger partial charge in [-0.25, -0.2) is 0 Å². The summed E-state index contributed by atoms with van der Waals surface area (Å²) in [5, 5.41) is 2.93. The van der Waals surface area contributed by atoms with Gasteiger partial charge in [0.15, 0.2) is 0 Å². The first-order chi connectivity index (χ1) is 14.0. The van der Waals surface area contributed by atoms with Crippen molar-refractivity contribution in [3.8, 4) is 0 Å². The maximum atomic E-state index is 2.67. The minimum absolute atomic E-state index is 0.212. The van der Waals surface area contributed by atoms with E-state index in [1.807, 2.05) is 0 Å². The van der Waals surface area contributed by atoms with Crippen LogP contribution >= 0.6 is 0 Å². The third-order valence-corrected chi connectivity index (χ3v) is 15.2. The van der Waals surface area contributed by atoms with Gasteiger partial charge in [0, 0.05) is 0 Å². The first kappa shape index (κ1) is 23.5. The van der Waals surface area contributed by atoms with Crippen molar-refractivity contribution in [2.24, 2.45) is 0 Å². The SMILES string of the molecule is CCCCCCCCn1c2cc([CH2][Sn][CH2]C)ccc2c2cc[c]([Sn]([CH3])([CH3])[CH3])cc21. The molecule has 0 N–H and O–H groups in total. The van der Waals surface area contributed by atoms with E-state index in [1.54, 1.807) is 9.14 Å². The van der Waals surface area contributed by atoms with E-state index in [9.17, 15) is 0 Å². The average Bonchev–Trinajstić information content (AvgIpc) is 3.01. The second kappa shape index (κ2) is 10.9. The Balaban J connectivity index is 1.98. The molecule has 0 aliphatic carbocycles. The summed E-state index contributed by atoms with van der Waals surface area (Å²) in [6, 6.07) is 14.8. The molecule has 0 saturated heterocycles. The number of hydrogen-bond acceptors (Lipinski definition) is 0. The van der Waals surface area contributed by atoms with Crippen LogP contribution in [0.4, 0.5) is 0 Å². The fourth-order valence-electron chi connectivity index (χ4n) is 4.28. The van der Waals surface area contributed by atoms with Crippen molar-refractivity contribution in [2.75, 3.05) is 0 Å². The fourth-order valence-corrected chi connectivity index (χ4v) is 9.73. The van der Waals surface area contributed by atoms with Crippen LogP contribution in [0.25, 0.3) is 21.8 Å². The van der Waals surface area contributed by atoms with E-state index < -0.39 is 18.4 Å². The van der Waals surface area contributed by atoms with E-state index in [1.165, 1.54) is 75.7 Å². The number of nitrogens with zero attached hydrogens (tertiary/aromatic N) is 1. The summed E-state index contributed by atoms with van der Waals surface area (Å²) >= 11 is -2.29. The molecule has 0 saturated carbocycles. The van der Waals surface area contributed by atoms with Crippen LogP contribution in [0.1, 0.15) is 57.9 Å². The zero-order chi connectivity index (χ0) is 20.9. The molecule has 3 aromatic rings. The van der Waals surface area contributed by atoms with Gasteiger partial charge in [0.1, 0.15) is 0 Å². The van der Waals surface area contributed by atoms with Crippen molar-refractivity contribution < 1.29 is 0 Å². The molecule has 0 amide bonds. The summed E-state index contributed by atoms with van der Waals surface area (Å²) in [5.74, 6) is 0. The summed E-state index contributed by atoms with van der Waals surface area (Å²) in [4.78, 5) is 7.60. The molecule has 1 heterocycles. The van der Waals surface area contributed by atoms with Gasteiger partial charge in [-0.2, -0.15) is 0 Å². The van der Waals surface area contributed by atoms with Gasteiger partial charge in [0.05, 0.1) is 0 Å². The Morgan fingerprint density at radius 1 is 0.793 bits per heavy atom. The molecule has 0 unspecified atom stereocenters. The van der Waals surface area contributed by atoms with E-state index in [0.717, 1.165) is 0 Å². The number of benzene rings is 2. The van der Waals surface area contributed by atoms with E-state index in [-0.39, 0.29) is 21.1 Å². The second-order valence-corrected chi connectivity index (χ2v) is 28.5. The predicted molar refractivity (Wildman–Crippen MR) is 136 cm³/mol. The normalized spacial score (nSPS) is 12.3. The summed E-state index contributed by atoms with van der Waals surface area (Å²) in [5.41, 5.74) is 4.56. The van der Waals surface area contributed by atoms with Crippen molar-refractivity contribution in [1.82, 2.24) is 4.57 Å². The third-order valence-electron chi connectivity index (χ3n) is 6.11. The fraction of sp³-hybridized carbons (Fsp3) is 0.538. The first-order valence-electron chi connectivity index (χ1n) is 11.7. The summed E-state index contributed by atoms with van der Waals surface area (Å²) in [7, 11) is 0. The van der Waals surface area contributed by atoms with Crippen LogP contribution < -0.4 is 3.58 Å². The summed E-state index contributed by atoms with van der Waals surface area (Å²) < 4.78 is 7.13. The zero-order valence-corrected chi connectivity index (χ0v) is 25.0. The Kier molecular flexibility index (Phi) is 8.85. The summed E-state index contributed by atoms with van der Waals surface area (Å²) in [6.45, 7) is 5.84. The molecule has 0 aliphatic heterocycles. The van der Waals surface area contributed by atoms with Gasteiger partial charge in [0.25, 0.3) is 0 Å². The molecule has 3 heteroatoms. The van der Waals surface area contributed by atoms with Gasteiger partial charge in [-0.3, -0.25) is 0 Å². The van der Waals surface area contributed by atoms with Crippen molar-refractivity contribution in [3.63, 3.8) is 0 Å². The quantitative estimate of drug-likeness (QED) is 0.160. The van der Waals surface area contributed by atoms with Crippen molar-refractivity contribution in [1.29, 1.82) is 0 Å². The zero-order valence-electron chi connectivity index (χ0n) is 19.3. The molecule has 2 aromatic carbocycles. The average molecular weight is 603 g/mol. The van der Waals surface area contributed by atoms with Crippen LogP contribution in [0.15, 0.2) is 36.4 Å². The van der Waals surface area contributed by atoms with E-state index in [0.29, 0.717) is 0 Å². The van der Waals surface area contributed by atoms with Gasteiger partial charge in [0.2, 0.25) is 0 Å². The minimum atomic E-state index is -2.08. The Hall–Kier alpha value is -0.163. The maximum absolute atomic E-state index is 2.67. The standard InChI is InChI=1S/C21H25N.C2H5.3CH3.2Sn/c1-3-4-5-6-7-10-15-22-20-12-9-8-11-18(20)19-14-13-17(2)16-21(19)22;1-2;;;;;/h8,11-14,16H,2-7,10,15H2,1H3;1H2,2H3;3*1H3;;. The second-order valence-electron chi connectivity index (χ2n) is 9.53. The monoisotopic (exact) mass is 605 g/mol. The first-order valence-corrected chi connectivity index (χ1v) is 25.7. The van der Waals surface area contributed by atoms with Crippen molar-refractivity contribution in [3.05, 3.63) is 42.0 Å². The van der Waals surface area contributed by atoms with Crippen molar-refractivity contribution in [2.45, 2.75) is 82.6 Å². The molecular formula is C26H39NSn2. The molecule has 156 valence electrons. The van der Waals surface area contributed by atoms with Crippen LogP contribution in [0.2, 0.25) is 19.3 Å². The van der Waals surface area contributed by atoms with E-state index >= 15 is 0 Å². The molecule has 2 radical (unpaired) electrons. The number of aryl methyl sites for hydroxylation is 1.